The van der Waals surface area contributed by atoms with Crippen molar-refractivity contribution in [3.63, 3.8) is 0 Å². The van der Waals surface area contributed by atoms with Crippen molar-refractivity contribution >= 4 is 21.6 Å². The molecule has 2 fully saturated rings. The lowest BCUT2D eigenvalue weighted by molar-refractivity contribution is -0.179. The molecular formula is C16H20N2O2S. The van der Waals surface area contributed by atoms with E-state index in [1.165, 1.54) is 9.71 Å². The van der Waals surface area contributed by atoms with Crippen LogP contribution in [0.3, 0.4) is 0 Å². The minimum absolute atomic E-state index is 0.256. The molecule has 1 aromatic carbocycles. The van der Waals surface area contributed by atoms with Crippen molar-refractivity contribution in [2.75, 3.05) is 13.2 Å². The summed E-state index contributed by atoms with van der Waals surface area (Å²) >= 11 is 1.78. The molecule has 4 rings (SSSR count). The molecule has 4 nitrogen and oxygen atoms in total. The normalized spacial score (nSPS) is 22.3. The number of nitrogens with one attached hydrogen (secondary N) is 1. The highest BCUT2D eigenvalue weighted by molar-refractivity contribution is 7.18. The van der Waals surface area contributed by atoms with E-state index in [4.69, 9.17) is 9.47 Å². The molecule has 0 bridgehead atoms. The average Bonchev–Trinajstić information content (AvgIpc) is 3.13. The minimum atomic E-state index is -0.256. The number of thiazole rings is 1. The molecule has 1 N–H and O–H groups in total. The van der Waals surface area contributed by atoms with Crippen LogP contribution < -0.4 is 5.32 Å². The Bertz CT molecular complexity index is 579. The lowest BCUT2D eigenvalue weighted by Crippen LogP contribution is -2.41. The molecule has 2 aliphatic rings. The first kappa shape index (κ1) is 13.6. The number of fused-ring (bicyclic) bond motifs is 1. The number of nitrogens with zero attached hydrogens (tertiary/aromatic N) is 1. The number of hydrogen-bond acceptors (Lipinski definition) is 5. The Morgan fingerprint density at radius 1 is 1.19 bits per heavy atom. The summed E-state index contributed by atoms with van der Waals surface area (Å²) in [4.78, 5) is 4.67. The Kier molecular flexibility index (Phi) is 3.67. The van der Waals surface area contributed by atoms with Gasteiger partial charge in [0.25, 0.3) is 0 Å². The Balaban J connectivity index is 1.33. The summed E-state index contributed by atoms with van der Waals surface area (Å²) in [5.41, 5.74) is 1.11. The molecule has 1 aromatic heterocycles. The third-order valence-electron chi connectivity index (χ3n) is 4.44. The first-order chi connectivity index (χ1) is 10.3. The lowest BCUT2D eigenvalue weighted by atomic mass is 9.90. The number of benzene rings is 1. The number of aromatic nitrogens is 1. The van der Waals surface area contributed by atoms with Crippen molar-refractivity contribution in [3.05, 3.63) is 29.3 Å². The van der Waals surface area contributed by atoms with Gasteiger partial charge in [-0.05, 0) is 25.0 Å². The fourth-order valence-electron chi connectivity index (χ4n) is 3.27. The van der Waals surface area contributed by atoms with E-state index in [0.29, 0.717) is 6.04 Å². The zero-order chi connectivity index (χ0) is 14.1. The Morgan fingerprint density at radius 2 is 1.95 bits per heavy atom. The van der Waals surface area contributed by atoms with Crippen LogP contribution in [0.25, 0.3) is 10.2 Å². The summed E-state index contributed by atoms with van der Waals surface area (Å²) in [6.45, 7) is 2.37. The van der Waals surface area contributed by atoms with Crippen LogP contribution in [-0.2, 0) is 16.0 Å². The molecule has 0 unspecified atom stereocenters. The maximum Gasteiger partial charge on any atom is 0.168 e. The average molecular weight is 304 g/mol. The third-order valence-corrected chi connectivity index (χ3v) is 5.48. The fourth-order valence-corrected chi connectivity index (χ4v) is 4.19. The van der Waals surface area contributed by atoms with E-state index >= 15 is 0 Å². The van der Waals surface area contributed by atoms with E-state index in [2.05, 4.69) is 28.5 Å². The molecule has 21 heavy (non-hydrogen) atoms. The Hall–Kier alpha value is -1.01. The second-order valence-electron chi connectivity index (χ2n) is 5.84. The van der Waals surface area contributed by atoms with Gasteiger partial charge >= 0.3 is 0 Å². The van der Waals surface area contributed by atoms with Crippen LogP contribution in [0.5, 0.6) is 0 Å². The molecule has 0 radical (unpaired) electrons. The second kappa shape index (κ2) is 5.65. The van der Waals surface area contributed by atoms with Crippen LogP contribution in [0.1, 0.15) is 30.7 Å². The summed E-state index contributed by atoms with van der Waals surface area (Å²) in [6, 6.07) is 8.88. The summed E-state index contributed by atoms with van der Waals surface area (Å²) < 4.78 is 12.8. The van der Waals surface area contributed by atoms with Gasteiger partial charge < -0.3 is 14.8 Å². The van der Waals surface area contributed by atoms with E-state index in [9.17, 15) is 0 Å². The highest BCUT2D eigenvalue weighted by Gasteiger charge is 2.40. The maximum absolute atomic E-state index is 5.77. The minimum Gasteiger partial charge on any atom is -0.348 e. The van der Waals surface area contributed by atoms with E-state index in [-0.39, 0.29) is 5.79 Å². The third kappa shape index (κ3) is 2.83. The van der Waals surface area contributed by atoms with Crippen LogP contribution >= 0.6 is 11.3 Å². The van der Waals surface area contributed by atoms with Gasteiger partial charge in [0.15, 0.2) is 5.79 Å². The van der Waals surface area contributed by atoms with Crippen molar-refractivity contribution in [3.8, 4) is 0 Å². The standard InChI is InChI=1S/C16H20N2O2S/c1-2-4-14-13(3-1)18-15(21-14)11-17-12-5-7-16(8-6-12)19-9-10-20-16/h1-4,12,17H,5-11H2. The monoisotopic (exact) mass is 304 g/mol. The smallest absolute Gasteiger partial charge is 0.168 e. The lowest BCUT2D eigenvalue weighted by Gasteiger charge is -2.35. The molecule has 2 heterocycles. The van der Waals surface area contributed by atoms with Gasteiger partial charge in [-0.3, -0.25) is 0 Å². The zero-order valence-electron chi connectivity index (χ0n) is 12.0. The molecule has 2 aromatic rings. The topological polar surface area (TPSA) is 43.4 Å². The number of rotatable bonds is 3. The Labute approximate surface area is 128 Å². The van der Waals surface area contributed by atoms with Crippen molar-refractivity contribution in [1.82, 2.24) is 10.3 Å². The summed E-state index contributed by atoms with van der Waals surface area (Å²) in [5.74, 6) is -0.256. The molecule has 1 spiro atoms. The molecule has 1 saturated carbocycles. The predicted molar refractivity (Wildman–Crippen MR) is 83.4 cm³/mol. The quantitative estimate of drug-likeness (QED) is 0.946. The van der Waals surface area contributed by atoms with Gasteiger partial charge in [0, 0.05) is 25.4 Å². The molecular weight excluding hydrogens is 284 g/mol. The Morgan fingerprint density at radius 3 is 2.71 bits per heavy atom. The van der Waals surface area contributed by atoms with E-state index in [0.717, 1.165) is 51.0 Å². The highest BCUT2D eigenvalue weighted by atomic mass is 32.1. The SMILES string of the molecule is c1ccc2sc(CNC3CCC4(CC3)OCCO4)nc2c1. The molecule has 0 amide bonds. The number of ether oxygens (including phenoxy) is 2. The van der Waals surface area contributed by atoms with Crippen molar-refractivity contribution in [1.29, 1.82) is 0 Å². The summed E-state index contributed by atoms with van der Waals surface area (Å²) in [7, 11) is 0. The summed E-state index contributed by atoms with van der Waals surface area (Å²) in [5, 5.41) is 4.81. The van der Waals surface area contributed by atoms with E-state index in [1.807, 2.05) is 6.07 Å². The zero-order valence-corrected chi connectivity index (χ0v) is 12.8. The first-order valence-electron chi connectivity index (χ1n) is 7.69. The largest absolute Gasteiger partial charge is 0.348 e. The van der Waals surface area contributed by atoms with Gasteiger partial charge in [-0.15, -0.1) is 11.3 Å². The second-order valence-corrected chi connectivity index (χ2v) is 6.95. The van der Waals surface area contributed by atoms with Crippen molar-refractivity contribution in [2.24, 2.45) is 0 Å². The van der Waals surface area contributed by atoms with Crippen LogP contribution in [0.15, 0.2) is 24.3 Å². The molecule has 1 saturated heterocycles. The van der Waals surface area contributed by atoms with E-state index in [1.54, 1.807) is 11.3 Å². The molecule has 5 heteroatoms. The first-order valence-corrected chi connectivity index (χ1v) is 8.50. The van der Waals surface area contributed by atoms with Crippen LogP contribution in [0.4, 0.5) is 0 Å². The van der Waals surface area contributed by atoms with Crippen molar-refractivity contribution in [2.45, 2.75) is 44.1 Å². The van der Waals surface area contributed by atoms with Gasteiger partial charge in [0.1, 0.15) is 5.01 Å². The van der Waals surface area contributed by atoms with Crippen molar-refractivity contribution < 1.29 is 9.47 Å². The summed E-state index contributed by atoms with van der Waals surface area (Å²) in [6.07, 6.45) is 4.24. The fraction of sp³-hybridized carbons (Fsp3) is 0.562. The van der Waals surface area contributed by atoms with Gasteiger partial charge in [-0.25, -0.2) is 4.98 Å². The van der Waals surface area contributed by atoms with Crippen LogP contribution in [-0.4, -0.2) is 30.0 Å². The highest BCUT2D eigenvalue weighted by Crippen LogP contribution is 2.35. The van der Waals surface area contributed by atoms with Gasteiger partial charge in [-0.2, -0.15) is 0 Å². The van der Waals surface area contributed by atoms with Gasteiger partial charge in [-0.1, -0.05) is 12.1 Å². The van der Waals surface area contributed by atoms with Gasteiger partial charge in [0.2, 0.25) is 0 Å². The molecule has 1 aliphatic carbocycles. The van der Waals surface area contributed by atoms with Crippen LogP contribution in [0.2, 0.25) is 0 Å². The number of hydrogen-bond donors (Lipinski definition) is 1. The number of para-hydroxylation sites is 1. The molecule has 1 aliphatic heterocycles. The van der Waals surface area contributed by atoms with Crippen LogP contribution in [0, 0.1) is 0 Å². The van der Waals surface area contributed by atoms with Gasteiger partial charge in [0.05, 0.1) is 23.4 Å². The predicted octanol–water partition coefficient (Wildman–Crippen LogP) is 3.07. The molecule has 0 atom stereocenters. The maximum atomic E-state index is 5.77. The molecule has 112 valence electrons. The van der Waals surface area contributed by atoms with E-state index < -0.39 is 0 Å².